The molecule has 7 heteroatoms. The molecule has 0 bridgehead atoms. The summed E-state index contributed by atoms with van der Waals surface area (Å²) in [7, 11) is 1.67. The normalized spacial score (nSPS) is 17.4. The Morgan fingerprint density at radius 2 is 2.11 bits per heavy atom. The Morgan fingerprint density at radius 1 is 1.25 bits per heavy atom. The summed E-state index contributed by atoms with van der Waals surface area (Å²) >= 11 is 0. The lowest BCUT2D eigenvalue weighted by Crippen LogP contribution is -2.34. The maximum atomic E-state index is 12.2. The van der Waals surface area contributed by atoms with E-state index >= 15 is 0 Å². The average Bonchev–Trinajstić information content (AvgIpc) is 2.75. The quantitative estimate of drug-likeness (QED) is 0.736. The first kappa shape index (κ1) is 18.3. The molecule has 1 N–H and O–H groups in total. The molecule has 28 heavy (non-hydrogen) atoms. The zero-order valence-electron chi connectivity index (χ0n) is 15.8. The van der Waals surface area contributed by atoms with Gasteiger partial charge in [-0.05, 0) is 37.1 Å². The van der Waals surface area contributed by atoms with Crippen LogP contribution in [0.1, 0.15) is 30.0 Å². The van der Waals surface area contributed by atoms with Gasteiger partial charge >= 0.3 is 0 Å². The van der Waals surface area contributed by atoms with Gasteiger partial charge in [0.15, 0.2) is 5.82 Å². The van der Waals surface area contributed by atoms with Crippen molar-refractivity contribution in [1.82, 2.24) is 24.8 Å². The average molecular weight is 377 g/mol. The summed E-state index contributed by atoms with van der Waals surface area (Å²) in [6, 6.07) is 9.78. The first-order valence-corrected chi connectivity index (χ1v) is 9.44. The molecule has 1 atom stereocenters. The van der Waals surface area contributed by atoms with Crippen LogP contribution < -0.4 is 10.3 Å². The molecule has 1 aromatic carbocycles. The second-order valence-electron chi connectivity index (χ2n) is 7.03. The number of H-pyrrole nitrogens is 1. The van der Waals surface area contributed by atoms with Crippen LogP contribution in [0.25, 0.3) is 11.5 Å². The molecule has 1 aliphatic rings. The Balaban J connectivity index is 1.51. The van der Waals surface area contributed by atoms with Gasteiger partial charge in [0.05, 0.1) is 19.0 Å². The van der Waals surface area contributed by atoms with Crippen LogP contribution in [0, 0.1) is 0 Å². The summed E-state index contributed by atoms with van der Waals surface area (Å²) in [5.41, 5.74) is 2.50. The molecule has 7 nitrogen and oxygen atoms in total. The molecule has 1 saturated heterocycles. The highest BCUT2D eigenvalue weighted by Gasteiger charge is 2.23. The highest BCUT2D eigenvalue weighted by molar-refractivity contribution is 5.46. The number of aromatic amines is 1. The van der Waals surface area contributed by atoms with Gasteiger partial charge < -0.3 is 9.72 Å². The van der Waals surface area contributed by atoms with E-state index in [0.717, 1.165) is 43.9 Å². The van der Waals surface area contributed by atoms with E-state index in [4.69, 9.17) is 9.72 Å². The number of hydrogen-bond donors (Lipinski definition) is 1. The van der Waals surface area contributed by atoms with Crippen molar-refractivity contribution in [2.75, 3.05) is 20.2 Å². The molecule has 3 aromatic rings. The minimum atomic E-state index is -0.155. The number of methoxy groups -OCH3 is 1. The lowest BCUT2D eigenvalue weighted by atomic mass is 9.94. The summed E-state index contributed by atoms with van der Waals surface area (Å²) in [6.07, 6.45) is 6.91. The molecule has 0 spiro atoms. The molecule has 0 radical (unpaired) electrons. The number of piperidine rings is 1. The highest BCUT2D eigenvalue weighted by Crippen LogP contribution is 2.27. The van der Waals surface area contributed by atoms with E-state index in [2.05, 4.69) is 32.0 Å². The summed E-state index contributed by atoms with van der Waals surface area (Å²) in [5.74, 6) is 1.57. The number of aromatic nitrogens is 4. The van der Waals surface area contributed by atoms with Crippen LogP contribution in [0.4, 0.5) is 0 Å². The molecule has 1 aliphatic heterocycles. The van der Waals surface area contributed by atoms with Crippen LogP contribution in [0.15, 0.2) is 53.7 Å². The van der Waals surface area contributed by atoms with Crippen molar-refractivity contribution in [3.63, 3.8) is 0 Å². The van der Waals surface area contributed by atoms with E-state index in [1.54, 1.807) is 31.8 Å². The number of benzene rings is 1. The van der Waals surface area contributed by atoms with E-state index in [1.807, 2.05) is 12.1 Å². The SMILES string of the molecule is COc1ccc(CN2CCCC(c3cc(=O)[nH]c(-c4cnccn4)n3)C2)cc1. The number of rotatable bonds is 5. The number of ether oxygens (including phenoxy) is 1. The molecule has 3 heterocycles. The molecule has 1 fully saturated rings. The third kappa shape index (κ3) is 4.26. The van der Waals surface area contributed by atoms with Crippen molar-refractivity contribution in [1.29, 1.82) is 0 Å². The van der Waals surface area contributed by atoms with Gasteiger partial charge in [-0.1, -0.05) is 12.1 Å². The van der Waals surface area contributed by atoms with Gasteiger partial charge in [-0.25, -0.2) is 9.97 Å². The van der Waals surface area contributed by atoms with Gasteiger partial charge in [-0.3, -0.25) is 14.7 Å². The first-order chi connectivity index (χ1) is 13.7. The highest BCUT2D eigenvalue weighted by atomic mass is 16.5. The molecule has 2 aromatic heterocycles. The van der Waals surface area contributed by atoms with Gasteiger partial charge in [0, 0.05) is 37.5 Å². The van der Waals surface area contributed by atoms with E-state index in [-0.39, 0.29) is 11.5 Å². The van der Waals surface area contributed by atoms with Crippen LogP contribution in [-0.2, 0) is 6.54 Å². The van der Waals surface area contributed by atoms with E-state index in [1.165, 1.54) is 5.56 Å². The number of likely N-dealkylation sites (tertiary alicyclic amines) is 1. The van der Waals surface area contributed by atoms with Crippen LogP contribution in [-0.4, -0.2) is 45.0 Å². The minimum absolute atomic E-state index is 0.155. The summed E-state index contributed by atoms with van der Waals surface area (Å²) in [4.78, 5) is 30.4. The van der Waals surface area contributed by atoms with Gasteiger partial charge in [0.25, 0.3) is 5.56 Å². The van der Waals surface area contributed by atoms with Gasteiger partial charge in [0.1, 0.15) is 11.4 Å². The summed E-state index contributed by atoms with van der Waals surface area (Å²) in [5, 5.41) is 0. The lowest BCUT2D eigenvalue weighted by Gasteiger charge is -2.32. The van der Waals surface area contributed by atoms with Crippen molar-refractivity contribution in [3.05, 3.63) is 70.5 Å². The minimum Gasteiger partial charge on any atom is -0.497 e. The number of nitrogens with one attached hydrogen (secondary N) is 1. The molecule has 144 valence electrons. The fraction of sp³-hybridized carbons (Fsp3) is 0.333. The second kappa shape index (κ2) is 8.31. The maximum absolute atomic E-state index is 12.2. The summed E-state index contributed by atoms with van der Waals surface area (Å²) < 4.78 is 5.23. The van der Waals surface area contributed by atoms with Crippen LogP contribution in [0.2, 0.25) is 0 Å². The topological polar surface area (TPSA) is 84.0 Å². The zero-order chi connectivity index (χ0) is 19.3. The lowest BCUT2D eigenvalue weighted by molar-refractivity contribution is 0.198. The van der Waals surface area contributed by atoms with Crippen molar-refractivity contribution < 1.29 is 4.74 Å². The van der Waals surface area contributed by atoms with Crippen LogP contribution >= 0.6 is 0 Å². The van der Waals surface area contributed by atoms with E-state index in [9.17, 15) is 4.79 Å². The van der Waals surface area contributed by atoms with Crippen molar-refractivity contribution in [2.24, 2.45) is 0 Å². The Bertz CT molecular complexity index is 972. The third-order valence-corrected chi connectivity index (χ3v) is 5.06. The van der Waals surface area contributed by atoms with Gasteiger partial charge in [-0.2, -0.15) is 0 Å². The number of hydrogen-bond acceptors (Lipinski definition) is 6. The van der Waals surface area contributed by atoms with E-state index < -0.39 is 0 Å². The molecular weight excluding hydrogens is 354 g/mol. The van der Waals surface area contributed by atoms with Crippen molar-refractivity contribution in [3.8, 4) is 17.3 Å². The standard InChI is InChI=1S/C21H23N5O2/c1-28-17-6-4-15(5-7-17)13-26-10-2-3-16(14-26)18-11-20(27)25-21(24-18)19-12-22-8-9-23-19/h4-9,11-12,16H,2-3,10,13-14H2,1H3,(H,24,25,27). The Kier molecular flexibility index (Phi) is 5.43. The molecule has 1 unspecified atom stereocenters. The van der Waals surface area contributed by atoms with Crippen LogP contribution in [0.3, 0.4) is 0 Å². The molecule has 0 saturated carbocycles. The Labute approximate surface area is 163 Å². The first-order valence-electron chi connectivity index (χ1n) is 9.44. The number of nitrogens with zero attached hydrogens (tertiary/aromatic N) is 4. The smallest absolute Gasteiger partial charge is 0.251 e. The predicted octanol–water partition coefficient (Wildman–Crippen LogP) is 2.62. The maximum Gasteiger partial charge on any atom is 0.251 e. The largest absolute Gasteiger partial charge is 0.497 e. The molecule has 0 aliphatic carbocycles. The molecular formula is C21H23N5O2. The Morgan fingerprint density at radius 3 is 2.86 bits per heavy atom. The monoisotopic (exact) mass is 377 g/mol. The third-order valence-electron chi connectivity index (χ3n) is 5.06. The van der Waals surface area contributed by atoms with Crippen molar-refractivity contribution in [2.45, 2.75) is 25.3 Å². The fourth-order valence-electron chi connectivity index (χ4n) is 3.66. The Hall–Kier alpha value is -3.06. The van der Waals surface area contributed by atoms with Gasteiger partial charge in [-0.15, -0.1) is 0 Å². The molecule has 0 amide bonds. The van der Waals surface area contributed by atoms with Crippen LogP contribution in [0.5, 0.6) is 5.75 Å². The van der Waals surface area contributed by atoms with Crippen molar-refractivity contribution >= 4 is 0 Å². The van der Waals surface area contributed by atoms with Gasteiger partial charge in [0.2, 0.25) is 0 Å². The fourth-order valence-corrected chi connectivity index (χ4v) is 3.66. The zero-order valence-corrected chi connectivity index (χ0v) is 15.8. The molecule has 4 rings (SSSR count). The predicted molar refractivity (Wildman–Crippen MR) is 106 cm³/mol. The second-order valence-corrected chi connectivity index (χ2v) is 7.03. The summed E-state index contributed by atoms with van der Waals surface area (Å²) in [6.45, 7) is 2.80. The van der Waals surface area contributed by atoms with E-state index in [0.29, 0.717) is 11.5 Å².